The fourth-order valence-electron chi connectivity index (χ4n) is 1.02. The van der Waals surface area contributed by atoms with Crippen LogP contribution in [0.2, 0.25) is 0 Å². The number of carbonyl (C=O) groups excluding carboxylic acids is 1. The van der Waals surface area contributed by atoms with Crippen LogP contribution in [-0.2, 0) is 18.3 Å². The molecule has 17 heavy (non-hydrogen) atoms. The first-order valence-electron chi connectivity index (χ1n) is 6.17. The highest BCUT2D eigenvalue weighted by Crippen LogP contribution is 2.50. The third kappa shape index (κ3) is 6.81. The molecule has 0 amide bonds. The van der Waals surface area contributed by atoms with E-state index in [0.717, 1.165) is 25.7 Å². The zero-order chi connectivity index (χ0) is 13.1. The Labute approximate surface area is 103 Å². The summed E-state index contributed by atoms with van der Waals surface area (Å²) in [6.07, 6.45) is 3.28. The highest BCUT2D eigenvalue weighted by molar-refractivity contribution is 7.71. The summed E-state index contributed by atoms with van der Waals surface area (Å²) in [5, 5.41) is 0. The first-order chi connectivity index (χ1) is 8.10. The van der Waals surface area contributed by atoms with Gasteiger partial charge in [-0.3, -0.25) is 0 Å². The van der Waals surface area contributed by atoms with Crippen molar-refractivity contribution in [2.45, 2.75) is 46.5 Å². The highest BCUT2D eigenvalue weighted by atomic mass is 31.2. The van der Waals surface area contributed by atoms with Gasteiger partial charge in [0.05, 0.1) is 19.8 Å². The second kappa shape index (κ2) is 9.63. The molecule has 0 radical (unpaired) electrons. The Morgan fingerprint density at radius 3 is 2.12 bits per heavy atom. The lowest BCUT2D eigenvalue weighted by molar-refractivity contribution is 0.145. The average molecular weight is 266 g/mol. The van der Waals surface area contributed by atoms with Crippen LogP contribution in [0.5, 0.6) is 0 Å². The molecule has 0 aliphatic rings. The number of hydrogen-bond acceptors (Lipinski definition) is 5. The van der Waals surface area contributed by atoms with E-state index in [2.05, 4.69) is 0 Å². The maximum absolute atomic E-state index is 12.1. The van der Waals surface area contributed by atoms with E-state index < -0.39 is 13.3 Å². The van der Waals surface area contributed by atoms with Crippen molar-refractivity contribution in [3.05, 3.63) is 0 Å². The van der Waals surface area contributed by atoms with E-state index in [1.54, 1.807) is 6.92 Å². The lowest BCUT2D eigenvalue weighted by Gasteiger charge is -2.15. The molecule has 0 aliphatic carbocycles. The van der Waals surface area contributed by atoms with Crippen LogP contribution < -0.4 is 0 Å². The zero-order valence-electron chi connectivity index (χ0n) is 10.9. The summed E-state index contributed by atoms with van der Waals surface area (Å²) in [5.74, 6) is 0. The van der Waals surface area contributed by atoms with Crippen LogP contribution in [0, 0.1) is 0 Å². The summed E-state index contributed by atoms with van der Waals surface area (Å²) >= 11 is 0. The SMILES string of the molecule is CCCCOC(=O)P(=O)(OCC)OCCCC. The van der Waals surface area contributed by atoms with Crippen LogP contribution in [0.3, 0.4) is 0 Å². The number of hydrogen-bond donors (Lipinski definition) is 0. The summed E-state index contributed by atoms with van der Waals surface area (Å²) < 4.78 is 26.9. The minimum Gasteiger partial charge on any atom is -0.457 e. The Morgan fingerprint density at radius 2 is 1.59 bits per heavy atom. The molecule has 0 aromatic rings. The van der Waals surface area contributed by atoms with Crippen molar-refractivity contribution in [3.8, 4) is 0 Å². The number of unbranched alkanes of at least 4 members (excludes halogenated alkanes) is 2. The standard InChI is InChI=1S/C11H23O5P/c1-4-7-9-14-11(12)17(13,15-6-3)16-10-8-5-2/h4-10H2,1-3H3. The van der Waals surface area contributed by atoms with Gasteiger partial charge in [-0.15, -0.1) is 0 Å². The average Bonchev–Trinajstić information content (AvgIpc) is 2.30. The first kappa shape index (κ1) is 16.6. The summed E-state index contributed by atoms with van der Waals surface area (Å²) in [6.45, 7) is 6.28. The van der Waals surface area contributed by atoms with E-state index in [1.165, 1.54) is 0 Å². The predicted molar refractivity (Wildman–Crippen MR) is 66.3 cm³/mol. The van der Waals surface area contributed by atoms with Gasteiger partial charge in [0.1, 0.15) is 0 Å². The molecule has 0 N–H and O–H groups in total. The smallest absolute Gasteiger partial charge is 0.438 e. The van der Waals surface area contributed by atoms with Crippen molar-refractivity contribution < 1.29 is 23.1 Å². The fourth-order valence-corrected chi connectivity index (χ4v) is 2.27. The van der Waals surface area contributed by atoms with Crippen LogP contribution in [0.4, 0.5) is 4.79 Å². The van der Waals surface area contributed by atoms with Gasteiger partial charge in [0.15, 0.2) is 0 Å². The molecule has 0 rings (SSSR count). The van der Waals surface area contributed by atoms with Gasteiger partial charge in [-0.05, 0) is 19.8 Å². The summed E-state index contributed by atoms with van der Waals surface area (Å²) in [6, 6.07) is 0. The Kier molecular flexibility index (Phi) is 9.41. The number of carbonyl (C=O) groups is 1. The van der Waals surface area contributed by atoms with Gasteiger partial charge >= 0.3 is 13.3 Å². The van der Waals surface area contributed by atoms with Gasteiger partial charge in [-0.2, -0.15) is 0 Å². The highest BCUT2D eigenvalue weighted by Gasteiger charge is 2.36. The van der Waals surface area contributed by atoms with Crippen molar-refractivity contribution in [1.29, 1.82) is 0 Å². The molecule has 1 atom stereocenters. The lowest BCUT2D eigenvalue weighted by Crippen LogP contribution is -2.10. The molecule has 6 heteroatoms. The fraction of sp³-hybridized carbons (Fsp3) is 0.909. The van der Waals surface area contributed by atoms with E-state index in [9.17, 15) is 9.36 Å². The van der Waals surface area contributed by atoms with Gasteiger partial charge in [0.2, 0.25) is 0 Å². The Morgan fingerprint density at radius 1 is 1.00 bits per heavy atom. The van der Waals surface area contributed by atoms with Gasteiger partial charge in [0.25, 0.3) is 0 Å². The minimum atomic E-state index is -3.74. The van der Waals surface area contributed by atoms with E-state index in [4.69, 9.17) is 13.8 Å². The lowest BCUT2D eigenvalue weighted by atomic mass is 10.4. The van der Waals surface area contributed by atoms with Crippen molar-refractivity contribution in [3.63, 3.8) is 0 Å². The number of rotatable bonds is 10. The molecule has 1 unspecified atom stereocenters. The maximum atomic E-state index is 12.1. The molecule has 5 nitrogen and oxygen atoms in total. The van der Waals surface area contributed by atoms with Gasteiger partial charge in [-0.25, -0.2) is 9.36 Å². The third-order valence-corrected chi connectivity index (χ3v) is 3.70. The minimum absolute atomic E-state index is 0.159. The van der Waals surface area contributed by atoms with E-state index in [0.29, 0.717) is 0 Å². The van der Waals surface area contributed by atoms with Gasteiger partial charge in [0, 0.05) is 0 Å². The molecule has 0 bridgehead atoms. The molecule has 0 saturated carbocycles. The Hall–Kier alpha value is -0.380. The van der Waals surface area contributed by atoms with Crippen molar-refractivity contribution in [2.24, 2.45) is 0 Å². The second-order valence-corrected chi connectivity index (χ2v) is 5.45. The van der Waals surface area contributed by atoms with Crippen molar-refractivity contribution in [2.75, 3.05) is 19.8 Å². The van der Waals surface area contributed by atoms with Crippen LogP contribution in [0.25, 0.3) is 0 Å². The van der Waals surface area contributed by atoms with Crippen LogP contribution in [0.1, 0.15) is 46.5 Å². The van der Waals surface area contributed by atoms with Crippen LogP contribution in [-0.4, -0.2) is 25.5 Å². The molecule has 0 spiro atoms. The van der Waals surface area contributed by atoms with Gasteiger partial charge in [-0.1, -0.05) is 26.7 Å². The largest absolute Gasteiger partial charge is 0.457 e. The summed E-state index contributed by atoms with van der Waals surface area (Å²) in [7, 11) is -3.74. The Bertz CT molecular complexity index is 254. The van der Waals surface area contributed by atoms with E-state index in [-0.39, 0.29) is 19.8 Å². The van der Waals surface area contributed by atoms with E-state index >= 15 is 0 Å². The quantitative estimate of drug-likeness (QED) is 0.442. The molecular formula is C11H23O5P. The molecular weight excluding hydrogens is 243 g/mol. The summed E-state index contributed by atoms with van der Waals surface area (Å²) in [4.78, 5) is 11.6. The molecule has 0 aromatic heterocycles. The Balaban J connectivity index is 4.25. The predicted octanol–water partition coefficient (Wildman–Crippen LogP) is 3.97. The van der Waals surface area contributed by atoms with Crippen molar-refractivity contribution in [1.82, 2.24) is 0 Å². The molecule has 0 aromatic carbocycles. The second-order valence-electron chi connectivity index (χ2n) is 3.57. The molecule has 0 aliphatic heterocycles. The third-order valence-electron chi connectivity index (χ3n) is 2.01. The van der Waals surface area contributed by atoms with Crippen LogP contribution >= 0.6 is 7.60 Å². The molecule has 0 fully saturated rings. The topological polar surface area (TPSA) is 61.8 Å². The molecule has 102 valence electrons. The van der Waals surface area contributed by atoms with E-state index in [1.807, 2.05) is 13.8 Å². The van der Waals surface area contributed by atoms with Gasteiger partial charge < -0.3 is 13.8 Å². The monoisotopic (exact) mass is 266 g/mol. The molecule has 0 saturated heterocycles. The molecule has 0 heterocycles. The first-order valence-corrected chi connectivity index (χ1v) is 7.71. The number of ether oxygens (including phenoxy) is 1. The van der Waals surface area contributed by atoms with Crippen molar-refractivity contribution >= 4 is 13.3 Å². The maximum Gasteiger partial charge on any atom is 0.438 e. The normalized spacial score (nSPS) is 14.3. The zero-order valence-corrected chi connectivity index (χ0v) is 11.8. The van der Waals surface area contributed by atoms with Crippen LogP contribution in [0.15, 0.2) is 0 Å². The summed E-state index contributed by atoms with van der Waals surface area (Å²) in [5.41, 5.74) is -0.871.